The second-order valence-corrected chi connectivity index (χ2v) is 6.48. The molecule has 1 aliphatic heterocycles. The van der Waals surface area contributed by atoms with Gasteiger partial charge in [-0.2, -0.15) is 10.1 Å². The number of rotatable bonds is 5. The van der Waals surface area contributed by atoms with Crippen LogP contribution in [0.25, 0.3) is 0 Å². The molecule has 0 radical (unpaired) electrons. The van der Waals surface area contributed by atoms with E-state index in [0.717, 1.165) is 43.0 Å². The van der Waals surface area contributed by atoms with Gasteiger partial charge in [0.25, 0.3) is 0 Å². The Bertz CT molecular complexity index is 659. The van der Waals surface area contributed by atoms with Crippen molar-refractivity contribution in [2.45, 2.75) is 64.6 Å². The fraction of sp³-hybridized carbons (Fsp3) is 0.733. The molecular formula is C15H22N6O. The number of hydrogen-bond donors (Lipinski definition) is 0. The van der Waals surface area contributed by atoms with E-state index < -0.39 is 0 Å². The van der Waals surface area contributed by atoms with Gasteiger partial charge >= 0.3 is 0 Å². The molecular weight excluding hydrogens is 280 g/mol. The Labute approximate surface area is 129 Å². The highest BCUT2D eigenvalue weighted by atomic mass is 16.5. The zero-order chi connectivity index (χ0) is 15.1. The molecule has 2 aromatic heterocycles. The van der Waals surface area contributed by atoms with Gasteiger partial charge in [-0.15, -0.1) is 0 Å². The number of likely N-dealkylation sites (tertiary alicyclic amines) is 1. The van der Waals surface area contributed by atoms with Crippen molar-refractivity contribution in [3.05, 3.63) is 23.4 Å². The van der Waals surface area contributed by atoms with Crippen LogP contribution in [-0.2, 0) is 13.1 Å². The van der Waals surface area contributed by atoms with Crippen LogP contribution in [-0.4, -0.2) is 42.4 Å². The van der Waals surface area contributed by atoms with Crippen LogP contribution in [0, 0.1) is 13.8 Å². The summed E-state index contributed by atoms with van der Waals surface area (Å²) >= 11 is 0. The molecule has 1 saturated carbocycles. The highest BCUT2D eigenvalue weighted by Gasteiger charge is 2.31. The minimum atomic E-state index is 0.475. The van der Waals surface area contributed by atoms with E-state index in [1.165, 1.54) is 25.7 Å². The molecule has 7 heteroatoms. The smallest absolute Gasteiger partial charge is 0.229 e. The monoisotopic (exact) mass is 302 g/mol. The van der Waals surface area contributed by atoms with Crippen molar-refractivity contribution in [1.29, 1.82) is 0 Å². The summed E-state index contributed by atoms with van der Waals surface area (Å²) < 4.78 is 7.38. The number of aromatic nitrogens is 5. The van der Waals surface area contributed by atoms with Gasteiger partial charge in [0, 0.05) is 12.0 Å². The van der Waals surface area contributed by atoms with Crippen molar-refractivity contribution in [3.8, 4) is 0 Å². The van der Waals surface area contributed by atoms with Crippen LogP contribution in [0.4, 0.5) is 0 Å². The maximum absolute atomic E-state index is 5.36. The quantitative estimate of drug-likeness (QED) is 0.839. The lowest BCUT2D eigenvalue weighted by Gasteiger charge is -2.23. The summed E-state index contributed by atoms with van der Waals surface area (Å²) in [6.45, 7) is 6.70. The first-order valence-corrected chi connectivity index (χ1v) is 8.13. The molecule has 118 valence electrons. The van der Waals surface area contributed by atoms with E-state index in [-0.39, 0.29) is 0 Å². The Morgan fingerprint density at radius 2 is 2.05 bits per heavy atom. The highest BCUT2D eigenvalue weighted by molar-refractivity contribution is 5.02. The van der Waals surface area contributed by atoms with Gasteiger partial charge in [-0.25, -0.2) is 9.67 Å². The van der Waals surface area contributed by atoms with Crippen molar-refractivity contribution in [2.75, 3.05) is 6.54 Å². The average molecular weight is 302 g/mol. The third-order valence-electron chi connectivity index (χ3n) is 4.60. The summed E-state index contributed by atoms with van der Waals surface area (Å²) in [7, 11) is 0. The molecule has 2 fully saturated rings. The van der Waals surface area contributed by atoms with Gasteiger partial charge in [-0.1, -0.05) is 5.16 Å². The summed E-state index contributed by atoms with van der Waals surface area (Å²) in [4.78, 5) is 11.4. The minimum absolute atomic E-state index is 0.475. The topological polar surface area (TPSA) is 72.9 Å². The lowest BCUT2D eigenvalue weighted by Crippen LogP contribution is -2.33. The zero-order valence-corrected chi connectivity index (χ0v) is 13.2. The molecule has 2 aromatic rings. The predicted molar refractivity (Wildman–Crippen MR) is 79.2 cm³/mol. The minimum Gasteiger partial charge on any atom is -0.339 e. The first-order valence-electron chi connectivity index (χ1n) is 8.13. The van der Waals surface area contributed by atoms with Crippen LogP contribution in [0.15, 0.2) is 4.52 Å². The second-order valence-electron chi connectivity index (χ2n) is 6.48. The molecule has 2 aliphatic rings. The molecule has 1 unspecified atom stereocenters. The third kappa shape index (κ3) is 2.77. The zero-order valence-electron chi connectivity index (χ0n) is 13.2. The maximum Gasteiger partial charge on any atom is 0.229 e. The summed E-state index contributed by atoms with van der Waals surface area (Å²) in [5, 5.41) is 8.62. The third-order valence-corrected chi connectivity index (χ3v) is 4.60. The molecule has 0 amide bonds. The Morgan fingerprint density at radius 3 is 2.77 bits per heavy atom. The van der Waals surface area contributed by atoms with E-state index in [0.29, 0.717) is 12.0 Å². The molecule has 1 saturated heterocycles. The molecule has 3 heterocycles. The van der Waals surface area contributed by atoms with E-state index in [1.807, 2.05) is 18.5 Å². The van der Waals surface area contributed by atoms with E-state index in [9.17, 15) is 0 Å². The molecule has 1 atom stereocenters. The van der Waals surface area contributed by atoms with Crippen molar-refractivity contribution in [1.82, 2.24) is 29.8 Å². The average Bonchev–Trinajstić information content (AvgIpc) is 2.93. The van der Waals surface area contributed by atoms with Crippen LogP contribution < -0.4 is 0 Å². The largest absolute Gasteiger partial charge is 0.339 e. The van der Waals surface area contributed by atoms with Gasteiger partial charge < -0.3 is 4.52 Å². The molecule has 0 aromatic carbocycles. The van der Waals surface area contributed by atoms with Gasteiger partial charge in [0.05, 0.1) is 13.1 Å². The van der Waals surface area contributed by atoms with E-state index in [1.54, 1.807) is 0 Å². The Morgan fingerprint density at radius 1 is 1.18 bits per heavy atom. The van der Waals surface area contributed by atoms with Crippen molar-refractivity contribution >= 4 is 0 Å². The number of hydrogen-bond acceptors (Lipinski definition) is 6. The maximum atomic E-state index is 5.36. The first kappa shape index (κ1) is 13.9. The van der Waals surface area contributed by atoms with E-state index in [4.69, 9.17) is 4.52 Å². The van der Waals surface area contributed by atoms with Crippen LogP contribution in [0.1, 0.15) is 55.0 Å². The summed E-state index contributed by atoms with van der Waals surface area (Å²) in [5.74, 6) is 4.00. The van der Waals surface area contributed by atoms with E-state index in [2.05, 4.69) is 25.1 Å². The van der Waals surface area contributed by atoms with Gasteiger partial charge in [-0.3, -0.25) is 4.90 Å². The normalized spacial score (nSPS) is 22.5. The van der Waals surface area contributed by atoms with Crippen LogP contribution >= 0.6 is 0 Å². The Hall–Kier alpha value is -1.76. The molecule has 0 bridgehead atoms. The predicted octanol–water partition coefficient (Wildman–Crippen LogP) is 1.82. The standard InChI is InChI=1S/C15H22N6O/c1-10-16-11(2)21(18-10)8-13-4-3-7-20(13)9-14-17-15(22-19-14)12-5-6-12/h12-13H,3-9H2,1-2H3. The summed E-state index contributed by atoms with van der Waals surface area (Å²) in [5.41, 5.74) is 0. The Balaban J connectivity index is 1.42. The molecule has 4 rings (SSSR count). The van der Waals surface area contributed by atoms with Crippen LogP contribution in [0.5, 0.6) is 0 Å². The summed E-state index contributed by atoms with van der Waals surface area (Å²) in [6.07, 6.45) is 4.79. The Kier molecular flexibility index (Phi) is 3.44. The van der Waals surface area contributed by atoms with E-state index >= 15 is 0 Å². The molecule has 7 nitrogen and oxygen atoms in total. The van der Waals surface area contributed by atoms with Gasteiger partial charge in [0.1, 0.15) is 11.6 Å². The number of aryl methyl sites for hydroxylation is 2. The van der Waals surface area contributed by atoms with Crippen molar-refractivity contribution in [2.24, 2.45) is 0 Å². The van der Waals surface area contributed by atoms with Crippen molar-refractivity contribution in [3.63, 3.8) is 0 Å². The lowest BCUT2D eigenvalue weighted by atomic mass is 10.2. The number of nitrogens with zero attached hydrogens (tertiary/aromatic N) is 6. The fourth-order valence-corrected chi connectivity index (χ4v) is 3.25. The lowest BCUT2D eigenvalue weighted by molar-refractivity contribution is 0.210. The van der Waals surface area contributed by atoms with Gasteiger partial charge in [-0.05, 0) is 46.1 Å². The van der Waals surface area contributed by atoms with Gasteiger partial charge in [0.2, 0.25) is 5.89 Å². The van der Waals surface area contributed by atoms with Crippen LogP contribution in [0.2, 0.25) is 0 Å². The fourth-order valence-electron chi connectivity index (χ4n) is 3.25. The van der Waals surface area contributed by atoms with Crippen LogP contribution in [0.3, 0.4) is 0 Å². The van der Waals surface area contributed by atoms with Crippen molar-refractivity contribution < 1.29 is 4.52 Å². The summed E-state index contributed by atoms with van der Waals surface area (Å²) in [6, 6.07) is 0.475. The molecule has 1 aliphatic carbocycles. The van der Waals surface area contributed by atoms with Gasteiger partial charge in [0.15, 0.2) is 5.82 Å². The SMILES string of the molecule is Cc1nc(C)n(CC2CCCN2Cc2noc(C3CC3)n2)n1. The molecule has 22 heavy (non-hydrogen) atoms. The first-order chi connectivity index (χ1) is 10.7. The second kappa shape index (κ2) is 5.46. The highest BCUT2D eigenvalue weighted by Crippen LogP contribution is 2.38. The molecule has 0 spiro atoms. The molecule has 0 N–H and O–H groups in total.